The predicted molar refractivity (Wildman–Crippen MR) is 267 cm³/mol. The van der Waals surface area contributed by atoms with Gasteiger partial charge in [-0.3, -0.25) is 38.7 Å². The largest absolute Gasteiger partial charge is 0.493 e. The quantitative estimate of drug-likeness (QED) is 0.0845. The summed E-state index contributed by atoms with van der Waals surface area (Å²) in [6.07, 6.45) is 5.98. The molecule has 4 heterocycles. The fourth-order valence-corrected chi connectivity index (χ4v) is 10.1. The number of hydrogen-bond donors (Lipinski definition) is 1. The van der Waals surface area contributed by atoms with Gasteiger partial charge < -0.3 is 24.4 Å². The highest BCUT2D eigenvalue weighted by Gasteiger charge is 2.38. The van der Waals surface area contributed by atoms with Gasteiger partial charge in [-0.2, -0.15) is 0 Å². The Kier molecular flexibility index (Phi) is 13.8. The average molecular weight is 943 g/mol. The second kappa shape index (κ2) is 20.3. The average Bonchev–Trinajstić information content (AvgIpc) is 3.86. The molecule has 0 fully saturated rings. The van der Waals surface area contributed by atoms with E-state index in [1.165, 1.54) is 12.7 Å². The number of carbonyl (C=O) groups is 6. The summed E-state index contributed by atoms with van der Waals surface area (Å²) in [6, 6.07) is 27.7. The maximum absolute atomic E-state index is 14.1. The van der Waals surface area contributed by atoms with Gasteiger partial charge in [0.1, 0.15) is 24.7 Å². The summed E-state index contributed by atoms with van der Waals surface area (Å²) in [6.45, 7) is 7.02. The molecule has 4 aliphatic heterocycles. The van der Waals surface area contributed by atoms with Crippen molar-refractivity contribution < 1.29 is 43.0 Å². The molecule has 0 aliphatic carbocycles. The second-order valence-corrected chi connectivity index (χ2v) is 18.9. The van der Waals surface area contributed by atoms with Crippen LogP contribution in [0.4, 0.5) is 17.1 Å². The monoisotopic (exact) mass is 942 g/mol. The van der Waals surface area contributed by atoms with Crippen LogP contribution in [-0.2, 0) is 46.9 Å². The van der Waals surface area contributed by atoms with E-state index in [0.717, 1.165) is 40.9 Å². The second-order valence-electron chi connectivity index (χ2n) is 18.9. The molecule has 13 nitrogen and oxygen atoms in total. The SMILES string of the molecule is CCC(=O)CCCC(=O)[C@H](C)NC(=O)[C@H](C)CC(=O)c1cc(COc2cc3c(cc2C)C(=O)N2c4ccccc4C[C@H]2C=N3)cc(COc2cc3c(cc2OC)C(=O)N2c4ccccc4C[C@H]2CC3)c1. The first-order valence-corrected chi connectivity index (χ1v) is 24.3. The van der Waals surface area contributed by atoms with Gasteiger partial charge >= 0.3 is 0 Å². The van der Waals surface area contributed by atoms with Gasteiger partial charge in [-0.15, -0.1) is 0 Å². The van der Waals surface area contributed by atoms with Crippen LogP contribution in [-0.4, -0.2) is 66.5 Å². The molecular weight excluding hydrogens is 885 g/mol. The van der Waals surface area contributed by atoms with E-state index >= 15 is 0 Å². The van der Waals surface area contributed by atoms with Crippen LogP contribution in [0.15, 0.2) is 96.0 Å². The molecule has 5 aromatic rings. The summed E-state index contributed by atoms with van der Waals surface area (Å²) < 4.78 is 18.7. The Hall–Kier alpha value is -7.41. The molecule has 360 valence electrons. The Balaban J connectivity index is 0.945. The first-order chi connectivity index (χ1) is 33.8. The number of ketones is 3. The number of methoxy groups -OCH3 is 1. The molecule has 4 aliphatic rings. The number of carbonyl (C=O) groups excluding carboxylic acids is 6. The molecule has 1 N–H and O–H groups in total. The van der Waals surface area contributed by atoms with Crippen LogP contribution in [0.3, 0.4) is 0 Å². The molecule has 0 aromatic heterocycles. The van der Waals surface area contributed by atoms with E-state index in [9.17, 15) is 28.8 Å². The minimum atomic E-state index is -0.767. The molecule has 0 spiro atoms. The Morgan fingerprint density at radius 2 is 1.43 bits per heavy atom. The first kappa shape index (κ1) is 47.6. The van der Waals surface area contributed by atoms with Gasteiger partial charge in [0.2, 0.25) is 5.91 Å². The number of aliphatic imine (C=N–C) groups is 1. The third kappa shape index (κ3) is 9.74. The van der Waals surface area contributed by atoms with E-state index in [1.807, 2.05) is 83.6 Å². The van der Waals surface area contributed by atoms with E-state index in [0.29, 0.717) is 82.9 Å². The molecule has 3 amide bonds. The van der Waals surface area contributed by atoms with Crippen molar-refractivity contribution in [2.75, 3.05) is 16.9 Å². The summed E-state index contributed by atoms with van der Waals surface area (Å²) in [7, 11) is 1.54. The molecule has 0 saturated carbocycles. The smallest absolute Gasteiger partial charge is 0.261 e. The molecule has 0 bridgehead atoms. The maximum Gasteiger partial charge on any atom is 0.261 e. The van der Waals surface area contributed by atoms with Crippen molar-refractivity contribution in [3.63, 3.8) is 0 Å². The van der Waals surface area contributed by atoms with Crippen LogP contribution in [0, 0.1) is 12.8 Å². The van der Waals surface area contributed by atoms with Crippen LogP contribution in [0.1, 0.15) is 124 Å². The summed E-state index contributed by atoms with van der Waals surface area (Å²) in [4.78, 5) is 88.6. The molecule has 0 saturated heterocycles. The fourth-order valence-electron chi connectivity index (χ4n) is 10.1. The van der Waals surface area contributed by atoms with Crippen molar-refractivity contribution in [2.24, 2.45) is 10.9 Å². The Bertz CT molecular complexity index is 2960. The van der Waals surface area contributed by atoms with Gasteiger partial charge in [0, 0.05) is 78.8 Å². The molecule has 5 aromatic carbocycles. The first-order valence-electron chi connectivity index (χ1n) is 24.3. The zero-order valence-electron chi connectivity index (χ0n) is 40.3. The molecule has 9 rings (SSSR count). The number of para-hydroxylation sites is 2. The van der Waals surface area contributed by atoms with Crippen molar-refractivity contribution in [3.05, 3.63) is 141 Å². The Morgan fingerprint density at radius 1 is 0.757 bits per heavy atom. The number of aryl methyl sites for hydroxylation is 2. The number of rotatable bonds is 18. The van der Waals surface area contributed by atoms with Gasteiger partial charge in [0.05, 0.1) is 30.4 Å². The van der Waals surface area contributed by atoms with Crippen LogP contribution >= 0.6 is 0 Å². The minimum absolute atomic E-state index is 0.0361. The van der Waals surface area contributed by atoms with Crippen LogP contribution in [0.2, 0.25) is 0 Å². The Morgan fingerprint density at radius 3 is 2.14 bits per heavy atom. The topological polar surface area (TPSA) is 161 Å². The summed E-state index contributed by atoms with van der Waals surface area (Å²) in [5.74, 6) is -0.364. The van der Waals surface area contributed by atoms with E-state index in [4.69, 9.17) is 19.2 Å². The maximum atomic E-state index is 14.1. The van der Waals surface area contributed by atoms with Crippen LogP contribution in [0.5, 0.6) is 17.2 Å². The number of hydrogen-bond acceptors (Lipinski definition) is 10. The van der Waals surface area contributed by atoms with E-state index < -0.39 is 17.9 Å². The lowest BCUT2D eigenvalue weighted by molar-refractivity contribution is -0.129. The van der Waals surface area contributed by atoms with Crippen molar-refractivity contribution >= 4 is 58.3 Å². The van der Waals surface area contributed by atoms with E-state index in [1.54, 1.807) is 45.0 Å². The van der Waals surface area contributed by atoms with Gasteiger partial charge in [-0.25, -0.2) is 0 Å². The zero-order valence-corrected chi connectivity index (χ0v) is 40.3. The van der Waals surface area contributed by atoms with Gasteiger partial charge in [-0.05, 0) is 121 Å². The van der Waals surface area contributed by atoms with Gasteiger partial charge in [0.25, 0.3) is 11.8 Å². The van der Waals surface area contributed by atoms with Crippen molar-refractivity contribution in [1.82, 2.24) is 5.32 Å². The fraction of sp³-hybridized carbons (Fsp3) is 0.351. The summed E-state index contributed by atoms with van der Waals surface area (Å²) >= 11 is 0. The number of anilines is 2. The number of nitrogens with one attached hydrogen (secondary N) is 1. The van der Waals surface area contributed by atoms with Gasteiger partial charge in [0.15, 0.2) is 23.1 Å². The van der Waals surface area contributed by atoms with E-state index in [2.05, 4.69) is 11.4 Å². The third-order valence-corrected chi connectivity index (χ3v) is 14.0. The normalized spacial score (nSPS) is 17.2. The molecular formula is C57H58N4O9. The number of fused-ring (bicyclic) bond motifs is 8. The predicted octanol–water partition coefficient (Wildman–Crippen LogP) is 9.40. The standard InChI is InChI=1S/C57H58N4O9/c1-6-44(62)14-11-17-50(63)35(4)59-55(65)34(3)21-51(64)41-23-36(31-69-52-29-47-46(20-33(52)2)57(67)61-43(30-58-47)26-40-13-8-10-16-49(40)61)22-37(24-41)32-70-54-27-38-18-19-42-25-39-12-7-9-15-48(39)60(42)56(66)45(38)28-53(54)68-5/h7-10,12-13,15-16,20,22-24,27-30,34-35,42-43H,6,11,14,17-19,21,25-26,31-32H2,1-5H3,(H,59,65)/t34-,35+,42-,43+/m1/s1. The highest BCUT2D eigenvalue weighted by Crippen LogP contribution is 2.42. The minimum Gasteiger partial charge on any atom is -0.493 e. The summed E-state index contributed by atoms with van der Waals surface area (Å²) in [5, 5.41) is 2.76. The van der Waals surface area contributed by atoms with Crippen LogP contribution < -0.4 is 29.3 Å². The Labute approximate surface area is 408 Å². The lowest BCUT2D eigenvalue weighted by Crippen LogP contribution is -2.41. The molecule has 0 unspecified atom stereocenters. The van der Waals surface area contributed by atoms with Crippen molar-refractivity contribution in [3.8, 4) is 17.2 Å². The molecule has 70 heavy (non-hydrogen) atoms. The molecule has 0 radical (unpaired) electrons. The van der Waals surface area contributed by atoms with Crippen molar-refractivity contribution in [2.45, 2.75) is 117 Å². The van der Waals surface area contributed by atoms with E-state index in [-0.39, 0.29) is 67.3 Å². The lowest BCUT2D eigenvalue weighted by atomic mass is 9.95. The molecule has 4 atom stereocenters. The number of amides is 3. The number of benzene rings is 5. The summed E-state index contributed by atoms with van der Waals surface area (Å²) in [5.41, 5.74) is 8.94. The van der Waals surface area contributed by atoms with Crippen LogP contribution in [0.25, 0.3) is 0 Å². The highest BCUT2D eigenvalue weighted by molar-refractivity contribution is 6.15. The number of Topliss-reactive ketones (excluding diaryl/α,β-unsaturated/α-hetero) is 3. The lowest BCUT2D eigenvalue weighted by Gasteiger charge is -2.23. The third-order valence-electron chi connectivity index (χ3n) is 14.0. The van der Waals surface area contributed by atoms with Crippen molar-refractivity contribution in [1.29, 1.82) is 0 Å². The highest BCUT2D eigenvalue weighted by atomic mass is 16.5. The zero-order chi connectivity index (χ0) is 49.2. The number of nitrogens with zero attached hydrogens (tertiary/aromatic N) is 3. The van der Waals surface area contributed by atoms with Gasteiger partial charge in [-0.1, -0.05) is 50.2 Å². The number of ether oxygens (including phenoxy) is 3. The molecule has 13 heteroatoms.